The van der Waals surface area contributed by atoms with E-state index in [1.807, 2.05) is 48.7 Å². The maximum atomic E-state index is 13.1. The molecule has 1 aliphatic carbocycles. The van der Waals surface area contributed by atoms with Gasteiger partial charge in [0.25, 0.3) is 0 Å². The van der Waals surface area contributed by atoms with Gasteiger partial charge in [0.05, 0.1) is 11.5 Å². The smallest absolute Gasteiger partial charge is 0.176 e. The molecule has 0 fully saturated rings. The number of ketones is 1. The Morgan fingerprint density at radius 1 is 1.00 bits per heavy atom. The quantitative estimate of drug-likeness (QED) is 0.771. The summed E-state index contributed by atoms with van der Waals surface area (Å²) >= 11 is 0. The fraction of sp³-hybridized carbons (Fsp3) is 0.222. The predicted molar refractivity (Wildman–Crippen MR) is 79.3 cm³/mol. The Morgan fingerprint density at radius 3 is 2.50 bits per heavy atom. The molecule has 0 saturated heterocycles. The highest BCUT2D eigenvalue weighted by molar-refractivity contribution is 6.12. The first-order valence-corrected chi connectivity index (χ1v) is 6.99. The van der Waals surface area contributed by atoms with Gasteiger partial charge in [-0.05, 0) is 11.1 Å². The molecule has 0 spiro atoms. The third-order valence-electron chi connectivity index (χ3n) is 4.74. The zero-order valence-corrected chi connectivity index (χ0v) is 11.3. The van der Waals surface area contributed by atoms with Gasteiger partial charge in [-0.15, -0.1) is 0 Å². The van der Waals surface area contributed by atoms with Gasteiger partial charge in [-0.3, -0.25) is 9.79 Å². The molecule has 2 nitrogen and oxygen atoms in total. The Hall–Kier alpha value is -2.22. The van der Waals surface area contributed by atoms with Crippen LogP contribution < -0.4 is 0 Å². The minimum absolute atomic E-state index is 0.0661. The summed E-state index contributed by atoms with van der Waals surface area (Å²) in [7, 11) is 0. The summed E-state index contributed by atoms with van der Waals surface area (Å²) in [5, 5.41) is 0. The van der Waals surface area contributed by atoms with E-state index in [1.54, 1.807) is 0 Å². The predicted octanol–water partition coefficient (Wildman–Crippen LogP) is 3.58. The molecule has 98 valence electrons. The van der Waals surface area contributed by atoms with Crippen LogP contribution in [0, 0.1) is 5.92 Å². The number of hydrogen-bond acceptors (Lipinski definition) is 2. The molecule has 0 amide bonds. The number of hydrogen-bond donors (Lipinski definition) is 0. The van der Waals surface area contributed by atoms with Crippen molar-refractivity contribution in [1.82, 2.24) is 0 Å². The van der Waals surface area contributed by atoms with Crippen molar-refractivity contribution in [3.8, 4) is 0 Å². The third-order valence-corrected chi connectivity index (χ3v) is 4.74. The monoisotopic (exact) mass is 261 g/mol. The molecule has 20 heavy (non-hydrogen) atoms. The van der Waals surface area contributed by atoms with Crippen LogP contribution in [0.1, 0.15) is 34.5 Å². The van der Waals surface area contributed by atoms with Crippen molar-refractivity contribution in [2.75, 3.05) is 0 Å². The Bertz CT molecular complexity index is 719. The van der Waals surface area contributed by atoms with Crippen molar-refractivity contribution in [1.29, 1.82) is 0 Å². The van der Waals surface area contributed by atoms with Gasteiger partial charge in [-0.1, -0.05) is 61.5 Å². The van der Waals surface area contributed by atoms with Gasteiger partial charge < -0.3 is 0 Å². The Morgan fingerprint density at radius 2 is 1.70 bits per heavy atom. The largest absolute Gasteiger partial charge is 0.293 e. The van der Waals surface area contributed by atoms with Gasteiger partial charge in [-0.2, -0.15) is 0 Å². The van der Waals surface area contributed by atoms with Crippen LogP contribution in [-0.4, -0.2) is 12.0 Å². The average Bonchev–Trinajstić information content (AvgIpc) is 2.97. The van der Waals surface area contributed by atoms with Crippen molar-refractivity contribution in [3.63, 3.8) is 0 Å². The van der Waals surface area contributed by atoms with Crippen LogP contribution in [0.15, 0.2) is 59.6 Å². The molecule has 4 rings (SSSR count). The van der Waals surface area contributed by atoms with Crippen molar-refractivity contribution >= 4 is 12.0 Å². The Kier molecular flexibility index (Phi) is 2.25. The van der Waals surface area contributed by atoms with Gasteiger partial charge in [0, 0.05) is 17.7 Å². The van der Waals surface area contributed by atoms with Crippen molar-refractivity contribution < 1.29 is 4.79 Å². The highest BCUT2D eigenvalue weighted by Crippen LogP contribution is 2.56. The number of carbonyl (C=O) groups excluding carboxylic acids is 1. The minimum Gasteiger partial charge on any atom is -0.293 e. The van der Waals surface area contributed by atoms with Crippen molar-refractivity contribution in [3.05, 3.63) is 71.3 Å². The van der Waals surface area contributed by atoms with E-state index in [0.717, 1.165) is 16.7 Å². The Labute approximate surface area is 118 Å². The van der Waals surface area contributed by atoms with Crippen LogP contribution in [0.5, 0.6) is 0 Å². The normalized spacial score (nSPS) is 30.4. The number of rotatable bonds is 1. The second kappa shape index (κ2) is 3.89. The first-order chi connectivity index (χ1) is 9.76. The summed E-state index contributed by atoms with van der Waals surface area (Å²) in [6, 6.07) is 17.9. The van der Waals surface area contributed by atoms with Gasteiger partial charge in [0.2, 0.25) is 0 Å². The van der Waals surface area contributed by atoms with Crippen molar-refractivity contribution in [2.45, 2.75) is 18.4 Å². The molecule has 0 radical (unpaired) electrons. The summed E-state index contributed by atoms with van der Waals surface area (Å²) in [6.07, 6.45) is 1.95. The van der Waals surface area contributed by atoms with E-state index < -0.39 is 5.41 Å². The summed E-state index contributed by atoms with van der Waals surface area (Å²) in [6.45, 7) is 2.10. The van der Waals surface area contributed by atoms with E-state index >= 15 is 0 Å². The molecule has 1 aliphatic heterocycles. The number of nitrogens with zero attached hydrogens (tertiary/aromatic N) is 1. The Balaban J connectivity index is 2.01. The second-order valence-corrected chi connectivity index (χ2v) is 5.64. The van der Waals surface area contributed by atoms with E-state index in [-0.39, 0.29) is 17.7 Å². The summed E-state index contributed by atoms with van der Waals surface area (Å²) in [5.41, 5.74) is 2.45. The van der Waals surface area contributed by atoms with E-state index in [0.29, 0.717) is 0 Å². The topological polar surface area (TPSA) is 29.4 Å². The third kappa shape index (κ3) is 1.19. The number of fused-ring (bicyclic) bond motifs is 3. The molecule has 2 aromatic rings. The zero-order valence-electron chi connectivity index (χ0n) is 11.3. The van der Waals surface area contributed by atoms with Gasteiger partial charge in [0.15, 0.2) is 5.78 Å². The van der Waals surface area contributed by atoms with Crippen LogP contribution in [0.3, 0.4) is 0 Å². The first kappa shape index (κ1) is 11.6. The SMILES string of the molecule is CC1C=NC2c3ccccc3C(=O)C12c1ccccc1. The maximum Gasteiger partial charge on any atom is 0.176 e. The highest BCUT2D eigenvalue weighted by Gasteiger charge is 2.59. The number of benzene rings is 2. The standard InChI is InChI=1S/C18H15NO/c1-12-11-19-16-14-9-5-6-10-15(14)17(20)18(12,16)13-7-3-2-4-8-13/h2-12,16H,1H3. The molecular formula is C18H15NO. The lowest BCUT2D eigenvalue weighted by molar-refractivity contribution is 0.0868. The number of carbonyl (C=O) groups is 1. The van der Waals surface area contributed by atoms with Gasteiger partial charge >= 0.3 is 0 Å². The average molecular weight is 261 g/mol. The number of Topliss-reactive ketones (excluding diaryl/α,β-unsaturated/α-hetero) is 1. The summed E-state index contributed by atoms with van der Waals surface area (Å²) in [4.78, 5) is 17.8. The first-order valence-electron chi connectivity index (χ1n) is 6.99. The van der Waals surface area contributed by atoms with Crippen LogP contribution in [0.25, 0.3) is 0 Å². The lowest BCUT2D eigenvalue weighted by Crippen LogP contribution is -2.39. The fourth-order valence-electron chi connectivity index (χ4n) is 3.79. The van der Waals surface area contributed by atoms with E-state index in [1.165, 1.54) is 0 Å². The molecule has 3 atom stereocenters. The summed E-state index contributed by atoms with van der Waals surface area (Å²) < 4.78 is 0. The molecule has 2 heteroatoms. The highest BCUT2D eigenvalue weighted by atomic mass is 16.1. The van der Waals surface area contributed by atoms with Crippen LogP contribution >= 0.6 is 0 Å². The molecule has 0 N–H and O–H groups in total. The van der Waals surface area contributed by atoms with Crippen LogP contribution in [0.2, 0.25) is 0 Å². The van der Waals surface area contributed by atoms with Gasteiger partial charge in [0.1, 0.15) is 0 Å². The van der Waals surface area contributed by atoms with Crippen molar-refractivity contribution in [2.24, 2.45) is 10.9 Å². The van der Waals surface area contributed by atoms with Crippen LogP contribution in [0.4, 0.5) is 0 Å². The van der Waals surface area contributed by atoms with E-state index in [2.05, 4.69) is 24.0 Å². The van der Waals surface area contributed by atoms with Crippen LogP contribution in [-0.2, 0) is 5.41 Å². The number of aliphatic imine (C=N–C) groups is 1. The fourth-order valence-corrected chi connectivity index (χ4v) is 3.79. The van der Waals surface area contributed by atoms with Gasteiger partial charge in [-0.25, -0.2) is 0 Å². The lowest BCUT2D eigenvalue weighted by Gasteiger charge is -2.31. The molecule has 1 heterocycles. The zero-order chi connectivity index (χ0) is 13.7. The lowest BCUT2D eigenvalue weighted by atomic mass is 9.68. The van der Waals surface area contributed by atoms with E-state index in [9.17, 15) is 4.79 Å². The summed E-state index contributed by atoms with van der Waals surface area (Å²) in [5.74, 6) is 0.337. The molecule has 0 aromatic heterocycles. The molecule has 3 unspecified atom stereocenters. The molecule has 2 aliphatic rings. The maximum absolute atomic E-state index is 13.1. The minimum atomic E-state index is -0.537. The molecule has 0 bridgehead atoms. The second-order valence-electron chi connectivity index (χ2n) is 5.64. The molecule has 0 saturated carbocycles. The van der Waals surface area contributed by atoms with E-state index in [4.69, 9.17) is 0 Å². The molecular weight excluding hydrogens is 246 g/mol. The molecule has 2 aromatic carbocycles.